The van der Waals surface area contributed by atoms with Crippen LogP contribution >= 0.6 is 0 Å². The summed E-state index contributed by atoms with van der Waals surface area (Å²) in [4.78, 5) is 12.1. The average molecular weight is 320 g/mol. The molecular formula is C19H20N4O. The van der Waals surface area contributed by atoms with Crippen LogP contribution in [-0.4, -0.2) is 27.4 Å². The Bertz CT molecular complexity index is 783. The van der Waals surface area contributed by atoms with Gasteiger partial charge in [0.2, 0.25) is 0 Å². The molecule has 0 unspecified atom stereocenters. The van der Waals surface area contributed by atoms with Crippen molar-refractivity contribution in [3.63, 3.8) is 0 Å². The lowest BCUT2D eigenvalue weighted by Crippen LogP contribution is -2.27. The Hall–Kier alpha value is -2.95. The van der Waals surface area contributed by atoms with Crippen LogP contribution in [0.25, 0.3) is 0 Å². The van der Waals surface area contributed by atoms with Gasteiger partial charge >= 0.3 is 0 Å². The van der Waals surface area contributed by atoms with E-state index in [-0.39, 0.29) is 11.8 Å². The maximum atomic E-state index is 12.1. The van der Waals surface area contributed by atoms with Gasteiger partial charge in [-0.05, 0) is 17.7 Å². The standard InChI is InChI=1S/C19H20N4O/c1-15(12-20-19(24)17-10-6-3-7-11-17)18-14-23(22-21-18)13-16-8-4-2-5-9-16/h2-11,14-15H,12-13H2,1H3,(H,20,24)/t15-/m1/s1. The third kappa shape index (κ3) is 4.07. The molecule has 24 heavy (non-hydrogen) atoms. The quantitative estimate of drug-likeness (QED) is 0.760. The molecule has 0 aliphatic carbocycles. The van der Waals surface area contributed by atoms with E-state index in [0.717, 1.165) is 5.69 Å². The first-order chi connectivity index (χ1) is 11.7. The molecule has 5 heteroatoms. The summed E-state index contributed by atoms with van der Waals surface area (Å²) in [6.45, 7) is 3.25. The molecular weight excluding hydrogens is 300 g/mol. The van der Waals surface area contributed by atoms with Gasteiger partial charge in [0.15, 0.2) is 0 Å². The lowest BCUT2D eigenvalue weighted by atomic mass is 10.1. The van der Waals surface area contributed by atoms with Crippen LogP contribution in [0.4, 0.5) is 0 Å². The summed E-state index contributed by atoms with van der Waals surface area (Å²) < 4.78 is 1.82. The smallest absolute Gasteiger partial charge is 0.251 e. The predicted molar refractivity (Wildman–Crippen MR) is 92.8 cm³/mol. The van der Waals surface area contributed by atoms with E-state index in [1.54, 1.807) is 12.1 Å². The molecule has 1 N–H and O–H groups in total. The predicted octanol–water partition coefficient (Wildman–Crippen LogP) is 2.86. The minimum Gasteiger partial charge on any atom is -0.351 e. The molecule has 0 saturated heterocycles. The molecule has 1 amide bonds. The van der Waals surface area contributed by atoms with Crippen molar-refractivity contribution in [2.24, 2.45) is 0 Å². The van der Waals surface area contributed by atoms with E-state index >= 15 is 0 Å². The van der Waals surface area contributed by atoms with Crippen LogP contribution < -0.4 is 5.32 Å². The Kier molecular flexibility index (Phi) is 5.01. The molecule has 5 nitrogen and oxygen atoms in total. The number of amides is 1. The van der Waals surface area contributed by atoms with Gasteiger partial charge in [-0.3, -0.25) is 4.79 Å². The van der Waals surface area contributed by atoms with Crippen molar-refractivity contribution in [1.82, 2.24) is 20.3 Å². The van der Waals surface area contributed by atoms with Crippen LogP contribution in [0.5, 0.6) is 0 Å². The van der Waals surface area contributed by atoms with Gasteiger partial charge in [-0.1, -0.05) is 60.7 Å². The Morgan fingerprint density at radius 2 is 1.75 bits per heavy atom. The summed E-state index contributed by atoms with van der Waals surface area (Å²) in [6, 6.07) is 19.3. The van der Waals surface area contributed by atoms with Crippen LogP contribution in [0.15, 0.2) is 66.9 Å². The summed E-state index contributed by atoms with van der Waals surface area (Å²) >= 11 is 0. The average Bonchev–Trinajstić information content (AvgIpc) is 3.09. The monoisotopic (exact) mass is 320 g/mol. The molecule has 2 aromatic carbocycles. The van der Waals surface area contributed by atoms with Crippen LogP contribution in [0.2, 0.25) is 0 Å². The highest BCUT2D eigenvalue weighted by Crippen LogP contribution is 2.11. The van der Waals surface area contributed by atoms with Gasteiger partial charge in [-0.2, -0.15) is 0 Å². The van der Waals surface area contributed by atoms with Gasteiger partial charge < -0.3 is 5.32 Å². The van der Waals surface area contributed by atoms with Gasteiger partial charge in [0.1, 0.15) is 0 Å². The van der Waals surface area contributed by atoms with Gasteiger partial charge in [0, 0.05) is 24.2 Å². The fourth-order valence-electron chi connectivity index (χ4n) is 2.43. The zero-order valence-electron chi connectivity index (χ0n) is 13.6. The Balaban J connectivity index is 1.56. The topological polar surface area (TPSA) is 59.8 Å². The molecule has 0 bridgehead atoms. The minimum atomic E-state index is -0.0703. The van der Waals surface area contributed by atoms with E-state index in [1.165, 1.54) is 5.56 Å². The lowest BCUT2D eigenvalue weighted by Gasteiger charge is -2.09. The molecule has 0 saturated carbocycles. The maximum Gasteiger partial charge on any atom is 0.251 e. The summed E-state index contributed by atoms with van der Waals surface area (Å²) in [5, 5.41) is 11.3. The summed E-state index contributed by atoms with van der Waals surface area (Å²) in [6.07, 6.45) is 1.94. The van der Waals surface area contributed by atoms with E-state index < -0.39 is 0 Å². The van der Waals surface area contributed by atoms with Gasteiger partial charge in [-0.25, -0.2) is 4.68 Å². The highest BCUT2D eigenvalue weighted by atomic mass is 16.1. The van der Waals surface area contributed by atoms with Crippen molar-refractivity contribution in [1.29, 1.82) is 0 Å². The lowest BCUT2D eigenvalue weighted by molar-refractivity contribution is 0.0951. The number of nitrogens with one attached hydrogen (secondary N) is 1. The van der Waals surface area contributed by atoms with Crippen LogP contribution in [0.3, 0.4) is 0 Å². The maximum absolute atomic E-state index is 12.1. The summed E-state index contributed by atoms with van der Waals surface area (Å²) in [7, 11) is 0. The largest absolute Gasteiger partial charge is 0.351 e. The van der Waals surface area contributed by atoms with E-state index in [1.807, 2.05) is 54.2 Å². The highest BCUT2D eigenvalue weighted by Gasteiger charge is 2.12. The zero-order chi connectivity index (χ0) is 16.8. The van der Waals surface area contributed by atoms with Crippen molar-refractivity contribution < 1.29 is 4.79 Å². The number of hydrogen-bond acceptors (Lipinski definition) is 3. The molecule has 0 fully saturated rings. The minimum absolute atomic E-state index is 0.0703. The van der Waals surface area contributed by atoms with Crippen molar-refractivity contribution in [2.75, 3.05) is 6.54 Å². The van der Waals surface area contributed by atoms with Crippen LogP contribution in [0, 0.1) is 0 Å². The first kappa shape index (κ1) is 15.9. The van der Waals surface area contributed by atoms with Crippen LogP contribution in [0.1, 0.15) is 34.5 Å². The normalized spacial score (nSPS) is 11.9. The third-order valence-corrected chi connectivity index (χ3v) is 3.85. The van der Waals surface area contributed by atoms with Crippen molar-refractivity contribution in [2.45, 2.75) is 19.4 Å². The first-order valence-electron chi connectivity index (χ1n) is 7.99. The number of carbonyl (C=O) groups is 1. The third-order valence-electron chi connectivity index (χ3n) is 3.85. The molecule has 1 heterocycles. The number of carbonyl (C=O) groups excluding carboxylic acids is 1. The van der Waals surface area contributed by atoms with Crippen LogP contribution in [-0.2, 0) is 6.54 Å². The van der Waals surface area contributed by atoms with Crippen molar-refractivity contribution in [3.8, 4) is 0 Å². The molecule has 1 atom stereocenters. The molecule has 3 aromatic rings. The fraction of sp³-hybridized carbons (Fsp3) is 0.211. The molecule has 0 aliphatic heterocycles. The number of rotatable bonds is 6. The highest BCUT2D eigenvalue weighted by molar-refractivity contribution is 5.94. The number of nitrogens with zero attached hydrogens (tertiary/aromatic N) is 3. The van der Waals surface area contributed by atoms with Crippen molar-refractivity contribution in [3.05, 3.63) is 83.7 Å². The van der Waals surface area contributed by atoms with Gasteiger partial charge in [0.05, 0.1) is 12.2 Å². The van der Waals surface area contributed by atoms with Gasteiger partial charge in [0.25, 0.3) is 5.91 Å². The van der Waals surface area contributed by atoms with Crippen molar-refractivity contribution >= 4 is 5.91 Å². The number of aromatic nitrogens is 3. The second-order valence-electron chi connectivity index (χ2n) is 5.80. The molecule has 0 aliphatic rings. The zero-order valence-corrected chi connectivity index (χ0v) is 13.6. The molecule has 1 aromatic heterocycles. The number of hydrogen-bond donors (Lipinski definition) is 1. The molecule has 0 spiro atoms. The summed E-state index contributed by atoms with van der Waals surface area (Å²) in [5.74, 6) is 0.0290. The Labute approximate surface area is 141 Å². The summed E-state index contributed by atoms with van der Waals surface area (Å²) in [5.41, 5.74) is 2.72. The molecule has 3 rings (SSSR count). The molecule has 122 valence electrons. The van der Waals surface area contributed by atoms with E-state index in [2.05, 4.69) is 27.8 Å². The first-order valence-corrected chi connectivity index (χ1v) is 7.99. The molecule has 0 radical (unpaired) electrons. The second kappa shape index (κ2) is 7.55. The van der Waals surface area contributed by atoms with E-state index in [0.29, 0.717) is 18.7 Å². The Morgan fingerprint density at radius 1 is 1.08 bits per heavy atom. The van der Waals surface area contributed by atoms with Gasteiger partial charge in [-0.15, -0.1) is 5.10 Å². The SMILES string of the molecule is C[C@H](CNC(=O)c1ccccc1)c1cn(Cc2ccccc2)nn1. The second-order valence-corrected chi connectivity index (χ2v) is 5.80. The number of benzene rings is 2. The van der Waals surface area contributed by atoms with E-state index in [4.69, 9.17) is 0 Å². The Morgan fingerprint density at radius 3 is 2.46 bits per heavy atom. The van der Waals surface area contributed by atoms with E-state index in [9.17, 15) is 4.79 Å². The fourth-order valence-corrected chi connectivity index (χ4v) is 2.43.